The largest absolute Gasteiger partial charge is 0.481 e. The van der Waals surface area contributed by atoms with E-state index in [-0.39, 0.29) is 12.3 Å². The monoisotopic (exact) mass is 344 g/mol. The molecule has 11 heteroatoms. The molecule has 2 heterocycles. The van der Waals surface area contributed by atoms with Gasteiger partial charge in [-0.25, -0.2) is 8.42 Å². The highest BCUT2D eigenvalue weighted by molar-refractivity contribution is 7.89. The lowest BCUT2D eigenvalue weighted by Gasteiger charge is -2.20. The minimum atomic E-state index is -4.72. The van der Waals surface area contributed by atoms with Gasteiger partial charge in [0.15, 0.2) is 0 Å². The van der Waals surface area contributed by atoms with E-state index in [4.69, 9.17) is 5.11 Å². The maximum absolute atomic E-state index is 12.8. The number of nitrogens with zero attached hydrogens (tertiary/aromatic N) is 2. The Morgan fingerprint density at radius 1 is 1.23 bits per heavy atom. The van der Waals surface area contributed by atoms with Gasteiger partial charge in [-0.05, 0) is 6.42 Å². The molecule has 0 saturated carbocycles. The first-order valence-electron chi connectivity index (χ1n) is 6.57. The van der Waals surface area contributed by atoms with Crippen molar-refractivity contribution < 1.29 is 36.3 Å². The fraction of sp³-hybridized carbons (Fsp3) is 0.818. The first-order chi connectivity index (χ1) is 10.0. The third-order valence-electron chi connectivity index (χ3n) is 3.93. The van der Waals surface area contributed by atoms with E-state index < -0.39 is 59.5 Å². The topological polar surface area (TPSA) is 95.0 Å². The van der Waals surface area contributed by atoms with Gasteiger partial charge in [-0.1, -0.05) is 0 Å². The van der Waals surface area contributed by atoms with Gasteiger partial charge in [0, 0.05) is 19.6 Å². The molecule has 0 aromatic rings. The third-order valence-corrected chi connectivity index (χ3v) is 5.83. The van der Waals surface area contributed by atoms with Gasteiger partial charge in [-0.15, -0.1) is 0 Å². The molecule has 1 N–H and O–H groups in total. The fourth-order valence-corrected chi connectivity index (χ4v) is 4.18. The van der Waals surface area contributed by atoms with E-state index in [1.54, 1.807) is 0 Å². The molecule has 1 amide bonds. The second-order valence-corrected chi connectivity index (χ2v) is 7.48. The second kappa shape index (κ2) is 5.69. The molecule has 2 rings (SSSR count). The molecule has 2 aliphatic rings. The molecule has 0 aromatic carbocycles. The molecule has 2 atom stereocenters. The molecule has 2 saturated heterocycles. The van der Waals surface area contributed by atoms with Gasteiger partial charge in [0.2, 0.25) is 15.9 Å². The molecule has 0 unspecified atom stereocenters. The third kappa shape index (κ3) is 3.35. The van der Waals surface area contributed by atoms with E-state index in [1.165, 1.54) is 0 Å². The highest BCUT2D eigenvalue weighted by Gasteiger charge is 2.53. The lowest BCUT2D eigenvalue weighted by Crippen LogP contribution is -2.40. The van der Waals surface area contributed by atoms with Crippen molar-refractivity contribution in [2.75, 3.05) is 31.9 Å². The maximum atomic E-state index is 12.8. The van der Waals surface area contributed by atoms with E-state index >= 15 is 0 Å². The highest BCUT2D eigenvalue weighted by atomic mass is 32.2. The Morgan fingerprint density at radius 2 is 1.86 bits per heavy atom. The van der Waals surface area contributed by atoms with E-state index in [0.29, 0.717) is 6.42 Å². The number of rotatable bonds is 3. The van der Waals surface area contributed by atoms with E-state index in [1.807, 2.05) is 0 Å². The zero-order valence-corrected chi connectivity index (χ0v) is 12.2. The Bertz CT molecular complexity index is 577. The summed E-state index contributed by atoms with van der Waals surface area (Å²) >= 11 is 0. The zero-order chi connectivity index (χ0) is 16.7. The number of sulfonamides is 1. The van der Waals surface area contributed by atoms with Crippen LogP contribution in [-0.2, 0) is 19.6 Å². The van der Waals surface area contributed by atoms with Crippen LogP contribution in [0, 0.1) is 11.8 Å². The summed E-state index contributed by atoms with van der Waals surface area (Å²) in [6.45, 7) is -1.72. The number of hydrogen-bond donors (Lipinski definition) is 1. The Balaban J connectivity index is 2.07. The van der Waals surface area contributed by atoms with Crippen molar-refractivity contribution in [2.24, 2.45) is 11.8 Å². The van der Waals surface area contributed by atoms with Crippen LogP contribution in [0.25, 0.3) is 0 Å². The average Bonchev–Trinajstić information content (AvgIpc) is 2.93. The van der Waals surface area contributed by atoms with Crippen LogP contribution in [0.2, 0.25) is 0 Å². The van der Waals surface area contributed by atoms with Crippen molar-refractivity contribution in [1.29, 1.82) is 0 Å². The highest BCUT2D eigenvalue weighted by Crippen LogP contribution is 2.37. The molecule has 2 fully saturated rings. The van der Waals surface area contributed by atoms with Gasteiger partial charge >= 0.3 is 12.1 Å². The number of halogens is 3. The number of carboxylic acid groups (broad SMARTS) is 1. The predicted molar refractivity (Wildman–Crippen MR) is 67.2 cm³/mol. The van der Waals surface area contributed by atoms with Gasteiger partial charge in [-0.2, -0.15) is 17.5 Å². The van der Waals surface area contributed by atoms with Gasteiger partial charge in [0.05, 0.1) is 24.1 Å². The predicted octanol–water partition coefficient (Wildman–Crippen LogP) is -0.257. The number of carboxylic acids is 1. The summed E-state index contributed by atoms with van der Waals surface area (Å²) in [5.74, 6) is -6.37. The summed E-state index contributed by atoms with van der Waals surface area (Å²) in [7, 11) is -3.54. The Labute approximate surface area is 124 Å². The van der Waals surface area contributed by atoms with Crippen molar-refractivity contribution in [2.45, 2.75) is 12.6 Å². The van der Waals surface area contributed by atoms with E-state index in [2.05, 4.69) is 0 Å². The molecule has 0 aliphatic carbocycles. The molecule has 7 nitrogen and oxygen atoms in total. The molecular formula is C11H15F3N2O5S. The number of carbonyl (C=O) groups is 2. The van der Waals surface area contributed by atoms with Crippen molar-refractivity contribution in [3.05, 3.63) is 0 Å². The van der Waals surface area contributed by atoms with Crippen molar-refractivity contribution in [1.82, 2.24) is 9.21 Å². The lowest BCUT2D eigenvalue weighted by atomic mass is 9.96. The van der Waals surface area contributed by atoms with Gasteiger partial charge in [-0.3, -0.25) is 9.59 Å². The van der Waals surface area contributed by atoms with Crippen LogP contribution in [0.3, 0.4) is 0 Å². The van der Waals surface area contributed by atoms with Crippen LogP contribution in [0.15, 0.2) is 0 Å². The molecule has 2 aliphatic heterocycles. The van der Waals surface area contributed by atoms with Crippen LogP contribution in [0.1, 0.15) is 6.42 Å². The second-order valence-electron chi connectivity index (χ2n) is 5.39. The van der Waals surface area contributed by atoms with Crippen molar-refractivity contribution >= 4 is 21.9 Å². The van der Waals surface area contributed by atoms with Crippen molar-refractivity contribution in [3.63, 3.8) is 0 Å². The molecule has 0 bridgehead atoms. The molecule has 0 aromatic heterocycles. The summed E-state index contributed by atoms with van der Waals surface area (Å²) < 4.78 is 62.6. The molecular weight excluding hydrogens is 329 g/mol. The zero-order valence-electron chi connectivity index (χ0n) is 11.4. The SMILES string of the molecule is O=C(O)[C@@H]1CN(C(=O)CN2CCCS2(=O)=O)C[C@H]1C(F)(F)F. The lowest BCUT2D eigenvalue weighted by molar-refractivity contribution is -0.188. The van der Waals surface area contributed by atoms with E-state index in [9.17, 15) is 31.2 Å². The van der Waals surface area contributed by atoms with E-state index in [0.717, 1.165) is 9.21 Å². The number of aliphatic carboxylic acids is 1. The van der Waals surface area contributed by atoms with Gasteiger partial charge in [0.25, 0.3) is 0 Å². The summed E-state index contributed by atoms with van der Waals surface area (Å²) in [6, 6.07) is 0. The first-order valence-corrected chi connectivity index (χ1v) is 8.18. The Morgan fingerprint density at radius 3 is 2.27 bits per heavy atom. The number of amides is 1. The Hall–Kier alpha value is -1.36. The maximum Gasteiger partial charge on any atom is 0.394 e. The average molecular weight is 344 g/mol. The van der Waals surface area contributed by atoms with Crippen molar-refractivity contribution in [3.8, 4) is 0 Å². The molecule has 0 spiro atoms. The molecule has 126 valence electrons. The Kier molecular flexibility index (Phi) is 4.39. The quantitative estimate of drug-likeness (QED) is 0.761. The van der Waals surface area contributed by atoms with Gasteiger partial charge < -0.3 is 10.0 Å². The minimum Gasteiger partial charge on any atom is -0.481 e. The van der Waals surface area contributed by atoms with Crippen LogP contribution >= 0.6 is 0 Å². The van der Waals surface area contributed by atoms with Crippen LogP contribution < -0.4 is 0 Å². The summed E-state index contributed by atoms with van der Waals surface area (Å²) in [6.07, 6.45) is -4.36. The summed E-state index contributed by atoms with van der Waals surface area (Å²) in [5.41, 5.74) is 0. The fourth-order valence-electron chi connectivity index (χ4n) is 2.71. The number of alkyl halides is 3. The normalized spacial score (nSPS) is 29.0. The number of likely N-dealkylation sites (tertiary alicyclic amines) is 1. The minimum absolute atomic E-state index is 0.0940. The first kappa shape index (κ1) is 17.0. The van der Waals surface area contributed by atoms with Crippen LogP contribution in [-0.4, -0.2) is 72.7 Å². The summed E-state index contributed by atoms with van der Waals surface area (Å²) in [4.78, 5) is 23.7. The van der Waals surface area contributed by atoms with Crippen LogP contribution in [0.4, 0.5) is 13.2 Å². The van der Waals surface area contributed by atoms with Crippen LogP contribution in [0.5, 0.6) is 0 Å². The summed E-state index contributed by atoms with van der Waals surface area (Å²) in [5, 5.41) is 8.87. The number of carbonyl (C=O) groups excluding carboxylic acids is 1. The smallest absolute Gasteiger partial charge is 0.394 e. The molecule has 0 radical (unpaired) electrons. The number of hydrogen-bond acceptors (Lipinski definition) is 4. The standard InChI is InChI=1S/C11H15F3N2O5S/c12-11(13,14)8-5-15(4-7(8)10(18)19)9(17)6-16-2-1-3-22(16,20)21/h7-8H,1-6H2,(H,18,19)/t7-,8-/m1/s1. The molecule has 22 heavy (non-hydrogen) atoms. The van der Waals surface area contributed by atoms with Gasteiger partial charge in [0.1, 0.15) is 0 Å².